The molecule has 0 amide bonds. The van der Waals surface area contributed by atoms with Crippen molar-refractivity contribution in [2.45, 2.75) is 32.7 Å². The lowest BCUT2D eigenvalue weighted by molar-refractivity contribution is 0.599. The number of anilines is 1. The third-order valence-electron chi connectivity index (χ3n) is 2.28. The molecule has 1 unspecified atom stereocenters. The van der Waals surface area contributed by atoms with Crippen molar-refractivity contribution in [1.82, 2.24) is 5.32 Å². The van der Waals surface area contributed by atoms with Crippen LogP contribution in [0.2, 0.25) is 5.02 Å². The SMILES string of the molecule is CCCC(C)NC(=S)Nc1ccc(Br)c(Cl)c1. The Hall–Kier alpha value is -0.320. The summed E-state index contributed by atoms with van der Waals surface area (Å²) in [6.07, 6.45) is 2.24. The van der Waals surface area contributed by atoms with Gasteiger partial charge in [-0.1, -0.05) is 24.9 Å². The molecule has 0 aromatic heterocycles. The Balaban J connectivity index is 2.53. The monoisotopic (exact) mass is 334 g/mol. The highest BCUT2D eigenvalue weighted by molar-refractivity contribution is 9.10. The molecule has 0 bridgehead atoms. The van der Waals surface area contributed by atoms with Crippen molar-refractivity contribution in [1.29, 1.82) is 0 Å². The van der Waals surface area contributed by atoms with Crippen LogP contribution in [0.25, 0.3) is 0 Å². The average molecular weight is 336 g/mol. The predicted octanol–water partition coefficient (Wildman–Crippen LogP) is 4.58. The van der Waals surface area contributed by atoms with Gasteiger partial charge in [-0.2, -0.15) is 0 Å². The summed E-state index contributed by atoms with van der Waals surface area (Å²) in [5, 5.41) is 7.64. The lowest BCUT2D eigenvalue weighted by Crippen LogP contribution is -2.35. The molecule has 0 aliphatic carbocycles. The molecule has 0 saturated heterocycles. The molecule has 0 fully saturated rings. The highest BCUT2D eigenvalue weighted by Gasteiger charge is 2.04. The second kappa shape index (κ2) is 7.19. The van der Waals surface area contributed by atoms with E-state index in [9.17, 15) is 0 Å². The topological polar surface area (TPSA) is 24.1 Å². The third kappa shape index (κ3) is 5.23. The molecular weight excluding hydrogens is 320 g/mol. The molecule has 0 spiro atoms. The van der Waals surface area contributed by atoms with Crippen molar-refractivity contribution in [3.8, 4) is 0 Å². The van der Waals surface area contributed by atoms with Gasteiger partial charge in [0.05, 0.1) is 5.02 Å². The number of nitrogens with one attached hydrogen (secondary N) is 2. The fourth-order valence-corrected chi connectivity index (χ4v) is 2.22. The van der Waals surface area contributed by atoms with Crippen LogP contribution >= 0.6 is 39.7 Å². The largest absolute Gasteiger partial charge is 0.360 e. The number of benzene rings is 1. The van der Waals surface area contributed by atoms with Crippen LogP contribution in [-0.2, 0) is 0 Å². The third-order valence-corrected chi connectivity index (χ3v) is 3.73. The molecule has 94 valence electrons. The van der Waals surface area contributed by atoms with Crippen molar-refractivity contribution in [3.05, 3.63) is 27.7 Å². The van der Waals surface area contributed by atoms with E-state index in [0.29, 0.717) is 16.2 Å². The van der Waals surface area contributed by atoms with Gasteiger partial charge in [-0.15, -0.1) is 0 Å². The highest BCUT2D eigenvalue weighted by atomic mass is 79.9. The first-order valence-electron chi connectivity index (χ1n) is 5.55. The van der Waals surface area contributed by atoms with Gasteiger partial charge in [0.25, 0.3) is 0 Å². The van der Waals surface area contributed by atoms with Crippen LogP contribution in [0.4, 0.5) is 5.69 Å². The summed E-state index contributed by atoms with van der Waals surface area (Å²) in [6, 6.07) is 6.03. The normalized spacial score (nSPS) is 12.0. The summed E-state index contributed by atoms with van der Waals surface area (Å²) in [6.45, 7) is 4.27. The Morgan fingerprint density at radius 2 is 2.24 bits per heavy atom. The molecule has 0 heterocycles. The van der Waals surface area contributed by atoms with Gasteiger partial charge in [0.2, 0.25) is 0 Å². The minimum absolute atomic E-state index is 0.380. The zero-order valence-electron chi connectivity index (χ0n) is 9.89. The highest BCUT2D eigenvalue weighted by Crippen LogP contribution is 2.25. The molecule has 2 N–H and O–H groups in total. The van der Waals surface area contributed by atoms with E-state index in [2.05, 4.69) is 40.4 Å². The summed E-state index contributed by atoms with van der Waals surface area (Å²) in [7, 11) is 0. The van der Waals surface area contributed by atoms with E-state index in [1.807, 2.05) is 18.2 Å². The zero-order chi connectivity index (χ0) is 12.8. The maximum Gasteiger partial charge on any atom is 0.170 e. The summed E-state index contributed by atoms with van der Waals surface area (Å²) in [5.74, 6) is 0. The fraction of sp³-hybridized carbons (Fsp3) is 0.417. The van der Waals surface area contributed by atoms with E-state index in [1.54, 1.807) is 0 Å². The summed E-state index contributed by atoms with van der Waals surface area (Å²) in [5.41, 5.74) is 0.888. The molecule has 0 aliphatic rings. The molecule has 1 aromatic carbocycles. The van der Waals surface area contributed by atoms with E-state index >= 15 is 0 Å². The van der Waals surface area contributed by atoms with Crippen molar-refractivity contribution < 1.29 is 0 Å². The van der Waals surface area contributed by atoms with Gasteiger partial charge < -0.3 is 10.6 Å². The zero-order valence-corrected chi connectivity index (χ0v) is 13.0. The van der Waals surface area contributed by atoms with Gasteiger partial charge in [-0.3, -0.25) is 0 Å². The van der Waals surface area contributed by atoms with E-state index in [1.165, 1.54) is 0 Å². The van der Waals surface area contributed by atoms with Gasteiger partial charge in [0.1, 0.15) is 0 Å². The molecule has 0 saturated carbocycles. The molecule has 5 heteroatoms. The van der Waals surface area contributed by atoms with Crippen LogP contribution in [0.3, 0.4) is 0 Å². The van der Waals surface area contributed by atoms with Gasteiger partial charge in [0.15, 0.2) is 5.11 Å². The fourth-order valence-electron chi connectivity index (χ4n) is 1.47. The number of hydrogen-bond acceptors (Lipinski definition) is 1. The Labute approximate surface area is 121 Å². The Morgan fingerprint density at radius 3 is 2.82 bits per heavy atom. The molecule has 1 atom stereocenters. The lowest BCUT2D eigenvalue weighted by atomic mass is 10.2. The maximum absolute atomic E-state index is 6.00. The molecule has 0 aliphatic heterocycles. The minimum atomic E-state index is 0.380. The standard InChI is InChI=1S/C12H16BrClN2S/c1-3-4-8(2)15-12(17)16-9-5-6-10(13)11(14)7-9/h5-8H,3-4H2,1-2H3,(H2,15,16,17). The van der Waals surface area contributed by atoms with Crippen LogP contribution in [0.5, 0.6) is 0 Å². The van der Waals surface area contributed by atoms with Crippen molar-refractivity contribution >= 4 is 50.5 Å². The van der Waals surface area contributed by atoms with Crippen molar-refractivity contribution in [2.24, 2.45) is 0 Å². The Bertz CT molecular complexity index is 398. The lowest BCUT2D eigenvalue weighted by Gasteiger charge is -2.16. The molecular formula is C12H16BrClN2S. The molecule has 17 heavy (non-hydrogen) atoms. The van der Waals surface area contributed by atoms with Gasteiger partial charge in [-0.05, 0) is 59.7 Å². The Kier molecular flexibility index (Phi) is 6.23. The summed E-state index contributed by atoms with van der Waals surface area (Å²) < 4.78 is 0.878. The van der Waals surface area contributed by atoms with E-state index in [-0.39, 0.29) is 0 Å². The van der Waals surface area contributed by atoms with Gasteiger partial charge in [-0.25, -0.2) is 0 Å². The molecule has 0 radical (unpaired) electrons. The van der Waals surface area contributed by atoms with Crippen LogP contribution < -0.4 is 10.6 Å². The first-order valence-corrected chi connectivity index (χ1v) is 7.13. The Morgan fingerprint density at radius 1 is 1.53 bits per heavy atom. The van der Waals surface area contributed by atoms with E-state index in [4.69, 9.17) is 23.8 Å². The summed E-state index contributed by atoms with van der Waals surface area (Å²) in [4.78, 5) is 0. The van der Waals surface area contributed by atoms with Crippen LogP contribution in [0.15, 0.2) is 22.7 Å². The molecule has 2 nitrogen and oxygen atoms in total. The van der Waals surface area contributed by atoms with Crippen LogP contribution in [-0.4, -0.2) is 11.2 Å². The first kappa shape index (κ1) is 14.7. The van der Waals surface area contributed by atoms with Crippen molar-refractivity contribution in [2.75, 3.05) is 5.32 Å². The van der Waals surface area contributed by atoms with E-state index < -0.39 is 0 Å². The van der Waals surface area contributed by atoms with Gasteiger partial charge >= 0.3 is 0 Å². The number of rotatable bonds is 4. The predicted molar refractivity (Wildman–Crippen MR) is 82.9 cm³/mol. The maximum atomic E-state index is 6.00. The second-order valence-electron chi connectivity index (χ2n) is 3.92. The smallest absolute Gasteiger partial charge is 0.170 e. The van der Waals surface area contributed by atoms with Crippen molar-refractivity contribution in [3.63, 3.8) is 0 Å². The second-order valence-corrected chi connectivity index (χ2v) is 5.59. The molecule has 1 aromatic rings. The van der Waals surface area contributed by atoms with Gasteiger partial charge in [0, 0.05) is 16.2 Å². The first-order chi connectivity index (χ1) is 8.02. The average Bonchev–Trinajstić information content (AvgIpc) is 2.23. The number of halogens is 2. The van der Waals surface area contributed by atoms with Crippen LogP contribution in [0, 0.1) is 0 Å². The number of hydrogen-bond donors (Lipinski definition) is 2. The number of thiocarbonyl (C=S) groups is 1. The van der Waals surface area contributed by atoms with Crippen LogP contribution in [0.1, 0.15) is 26.7 Å². The van der Waals surface area contributed by atoms with E-state index in [0.717, 1.165) is 23.0 Å². The quantitative estimate of drug-likeness (QED) is 0.788. The molecule has 1 rings (SSSR count). The summed E-state index contributed by atoms with van der Waals surface area (Å²) >= 11 is 14.6. The minimum Gasteiger partial charge on any atom is -0.360 e.